The van der Waals surface area contributed by atoms with Crippen LogP contribution in [0.15, 0.2) is 30.3 Å². The Kier molecular flexibility index (Phi) is 2.38. The van der Waals surface area contributed by atoms with Gasteiger partial charge < -0.3 is 5.11 Å². The van der Waals surface area contributed by atoms with E-state index in [-0.39, 0.29) is 0 Å². The number of aryl methyl sites for hydroxylation is 2. The lowest BCUT2D eigenvalue weighted by Crippen LogP contribution is -1.98. The van der Waals surface area contributed by atoms with Crippen LogP contribution in [0.25, 0.3) is 20.2 Å². The molecular weight excluding hydrogens is 244 g/mol. The van der Waals surface area contributed by atoms with E-state index in [4.69, 9.17) is 0 Å². The average Bonchev–Trinajstić information content (AvgIpc) is 2.63. The van der Waals surface area contributed by atoms with Crippen LogP contribution in [0, 0.1) is 13.8 Å². The van der Waals surface area contributed by atoms with Crippen LogP contribution < -0.4 is 0 Å². The van der Waals surface area contributed by atoms with Crippen molar-refractivity contribution in [2.45, 2.75) is 13.8 Å². The molecule has 0 saturated heterocycles. The zero-order valence-electron chi connectivity index (χ0n) is 10.2. The monoisotopic (exact) mass is 256 g/mol. The van der Waals surface area contributed by atoms with Crippen molar-refractivity contribution in [2.24, 2.45) is 0 Å². The third-order valence-corrected chi connectivity index (χ3v) is 4.32. The average molecular weight is 256 g/mol. The fourth-order valence-electron chi connectivity index (χ4n) is 2.26. The van der Waals surface area contributed by atoms with Crippen LogP contribution in [-0.2, 0) is 0 Å². The molecule has 0 aliphatic carbocycles. The second-order valence-electron chi connectivity index (χ2n) is 4.57. The molecule has 1 N–H and O–H groups in total. The second-order valence-corrected chi connectivity index (χ2v) is 5.65. The van der Waals surface area contributed by atoms with Crippen LogP contribution in [-0.4, -0.2) is 11.1 Å². The summed E-state index contributed by atoms with van der Waals surface area (Å²) in [5, 5.41) is 11.4. The Hall–Kier alpha value is -1.87. The van der Waals surface area contributed by atoms with Gasteiger partial charge in [0.25, 0.3) is 0 Å². The Morgan fingerprint density at radius 1 is 1.06 bits per heavy atom. The highest BCUT2D eigenvalue weighted by Crippen LogP contribution is 2.35. The number of hydrogen-bond donors (Lipinski definition) is 1. The van der Waals surface area contributed by atoms with Crippen LogP contribution in [0.5, 0.6) is 0 Å². The largest absolute Gasteiger partial charge is 0.478 e. The molecule has 1 heterocycles. The summed E-state index contributed by atoms with van der Waals surface area (Å²) < 4.78 is 2.37. The van der Waals surface area contributed by atoms with Gasteiger partial charge in [-0.05, 0) is 43.2 Å². The maximum absolute atomic E-state index is 11.2. The molecule has 0 radical (unpaired) electrons. The van der Waals surface area contributed by atoms with Gasteiger partial charge in [-0.2, -0.15) is 0 Å². The van der Waals surface area contributed by atoms with Gasteiger partial charge in [0, 0.05) is 20.2 Å². The van der Waals surface area contributed by atoms with Crippen molar-refractivity contribution in [3.63, 3.8) is 0 Å². The zero-order chi connectivity index (χ0) is 12.9. The van der Waals surface area contributed by atoms with Crippen molar-refractivity contribution in [3.8, 4) is 0 Å². The third kappa shape index (κ3) is 1.59. The molecule has 18 heavy (non-hydrogen) atoms. The highest BCUT2D eigenvalue weighted by atomic mass is 32.1. The quantitative estimate of drug-likeness (QED) is 0.702. The van der Waals surface area contributed by atoms with E-state index in [2.05, 4.69) is 25.1 Å². The van der Waals surface area contributed by atoms with E-state index in [1.807, 2.05) is 13.0 Å². The van der Waals surface area contributed by atoms with Crippen LogP contribution in [0.3, 0.4) is 0 Å². The summed E-state index contributed by atoms with van der Waals surface area (Å²) in [6.45, 7) is 3.91. The fraction of sp³-hybridized carbons (Fsp3) is 0.133. The first-order valence-electron chi connectivity index (χ1n) is 5.73. The molecule has 3 rings (SSSR count). The number of thiophene rings is 1. The van der Waals surface area contributed by atoms with Crippen molar-refractivity contribution in [3.05, 3.63) is 47.0 Å². The molecule has 0 aliphatic rings. The molecule has 0 atom stereocenters. The number of benzene rings is 2. The second kappa shape index (κ2) is 3.82. The Bertz CT molecular complexity index is 784. The van der Waals surface area contributed by atoms with Crippen molar-refractivity contribution in [2.75, 3.05) is 0 Å². The topological polar surface area (TPSA) is 37.3 Å². The molecule has 1 aromatic heterocycles. The van der Waals surface area contributed by atoms with Gasteiger partial charge in [-0.1, -0.05) is 12.1 Å². The summed E-state index contributed by atoms with van der Waals surface area (Å²) in [4.78, 5) is 11.2. The molecular formula is C15H12O2S. The van der Waals surface area contributed by atoms with Crippen molar-refractivity contribution < 1.29 is 9.90 Å². The number of hydrogen-bond acceptors (Lipinski definition) is 2. The van der Waals surface area contributed by atoms with E-state index in [1.165, 1.54) is 10.3 Å². The molecule has 0 saturated carbocycles. The van der Waals surface area contributed by atoms with Gasteiger partial charge in [0.05, 0.1) is 5.56 Å². The summed E-state index contributed by atoms with van der Waals surface area (Å²) in [7, 11) is 0. The molecule has 0 bridgehead atoms. The minimum atomic E-state index is -0.860. The van der Waals surface area contributed by atoms with E-state index in [0.717, 1.165) is 21.0 Å². The number of carboxylic acid groups (broad SMARTS) is 1. The Balaban J connectivity index is 2.45. The molecule has 0 fully saturated rings. The first-order chi connectivity index (χ1) is 8.56. The first-order valence-corrected chi connectivity index (χ1v) is 6.55. The van der Waals surface area contributed by atoms with Gasteiger partial charge in [0.1, 0.15) is 0 Å². The predicted octanol–water partition coefficient (Wildman–Crippen LogP) is 4.37. The minimum absolute atomic E-state index is 0.391. The summed E-state index contributed by atoms with van der Waals surface area (Å²) in [5.74, 6) is -0.860. The fourth-order valence-corrected chi connectivity index (χ4v) is 3.55. The van der Waals surface area contributed by atoms with Crippen molar-refractivity contribution >= 4 is 37.5 Å². The van der Waals surface area contributed by atoms with Gasteiger partial charge in [-0.15, -0.1) is 11.3 Å². The van der Waals surface area contributed by atoms with Crippen LogP contribution in [0.1, 0.15) is 21.5 Å². The molecule has 0 aliphatic heterocycles. The highest BCUT2D eigenvalue weighted by molar-refractivity contribution is 7.25. The lowest BCUT2D eigenvalue weighted by Gasteiger charge is -2.01. The van der Waals surface area contributed by atoms with Gasteiger partial charge in [0.15, 0.2) is 0 Å². The maximum atomic E-state index is 11.2. The lowest BCUT2D eigenvalue weighted by atomic mass is 10.0. The normalized spacial score (nSPS) is 11.2. The minimum Gasteiger partial charge on any atom is -0.478 e. The van der Waals surface area contributed by atoms with Gasteiger partial charge >= 0.3 is 5.97 Å². The molecule has 3 heteroatoms. The smallest absolute Gasteiger partial charge is 0.335 e. The SMILES string of the molecule is Cc1ccc2c(c1)sc1cc(C)c(C(=O)O)cc12. The lowest BCUT2D eigenvalue weighted by molar-refractivity contribution is 0.0696. The van der Waals surface area contributed by atoms with Gasteiger partial charge in [-0.25, -0.2) is 4.79 Å². The van der Waals surface area contributed by atoms with Crippen LogP contribution >= 0.6 is 11.3 Å². The summed E-state index contributed by atoms with van der Waals surface area (Å²) in [6, 6.07) is 10.1. The third-order valence-electron chi connectivity index (χ3n) is 3.20. The molecule has 0 spiro atoms. The predicted molar refractivity (Wildman–Crippen MR) is 75.8 cm³/mol. The maximum Gasteiger partial charge on any atom is 0.335 e. The number of rotatable bonds is 1. The summed E-state index contributed by atoms with van der Waals surface area (Å²) in [5.41, 5.74) is 2.44. The Labute approximate surface area is 108 Å². The van der Waals surface area contributed by atoms with E-state index in [1.54, 1.807) is 17.4 Å². The molecule has 2 nitrogen and oxygen atoms in total. The zero-order valence-corrected chi connectivity index (χ0v) is 11.0. The molecule has 2 aromatic carbocycles. The number of fused-ring (bicyclic) bond motifs is 3. The van der Waals surface area contributed by atoms with Crippen molar-refractivity contribution in [1.29, 1.82) is 0 Å². The standard InChI is InChI=1S/C15H12O2S/c1-8-3-4-10-12-7-11(15(16)17)9(2)6-14(12)18-13(10)5-8/h3-7H,1-2H3,(H,16,17). The summed E-state index contributed by atoms with van der Waals surface area (Å²) in [6.07, 6.45) is 0. The van der Waals surface area contributed by atoms with Crippen LogP contribution in [0.4, 0.5) is 0 Å². The Morgan fingerprint density at radius 3 is 2.50 bits per heavy atom. The van der Waals surface area contributed by atoms with E-state index in [0.29, 0.717) is 5.56 Å². The molecule has 0 amide bonds. The number of carboxylic acids is 1. The molecule has 90 valence electrons. The highest BCUT2D eigenvalue weighted by Gasteiger charge is 2.12. The van der Waals surface area contributed by atoms with Gasteiger partial charge in [0.2, 0.25) is 0 Å². The van der Waals surface area contributed by atoms with E-state index < -0.39 is 5.97 Å². The van der Waals surface area contributed by atoms with Crippen molar-refractivity contribution in [1.82, 2.24) is 0 Å². The molecule has 3 aromatic rings. The van der Waals surface area contributed by atoms with E-state index >= 15 is 0 Å². The van der Waals surface area contributed by atoms with Crippen LogP contribution in [0.2, 0.25) is 0 Å². The first kappa shape index (κ1) is 11.2. The van der Waals surface area contributed by atoms with E-state index in [9.17, 15) is 9.90 Å². The Morgan fingerprint density at radius 2 is 1.78 bits per heavy atom. The number of aromatic carboxylic acids is 1. The molecule has 0 unspecified atom stereocenters. The number of carbonyl (C=O) groups is 1. The summed E-state index contributed by atoms with van der Waals surface area (Å²) >= 11 is 1.72. The van der Waals surface area contributed by atoms with Gasteiger partial charge in [-0.3, -0.25) is 0 Å².